The minimum atomic E-state index is -0.239. The maximum absolute atomic E-state index is 11.8. The number of carbonyl (C=O) groups is 1. The van der Waals surface area contributed by atoms with Crippen LogP contribution in [0.25, 0.3) is 0 Å². The van der Waals surface area contributed by atoms with Crippen molar-refractivity contribution >= 4 is 37.8 Å². The Labute approximate surface area is 143 Å². The molecule has 1 unspecified atom stereocenters. The summed E-state index contributed by atoms with van der Waals surface area (Å²) in [5, 5.41) is 6.10. The molecule has 0 aliphatic carbocycles. The van der Waals surface area contributed by atoms with E-state index in [0.29, 0.717) is 13.2 Å². The molecule has 6 heteroatoms. The third-order valence-electron chi connectivity index (χ3n) is 2.78. The number of amides is 1. The lowest BCUT2D eigenvalue weighted by Crippen LogP contribution is -2.44. The summed E-state index contributed by atoms with van der Waals surface area (Å²) in [6.45, 7) is 8.92. The van der Waals surface area contributed by atoms with E-state index in [0.717, 1.165) is 20.3 Å². The molecule has 21 heavy (non-hydrogen) atoms. The molecule has 0 aliphatic heterocycles. The summed E-state index contributed by atoms with van der Waals surface area (Å²) in [5.74, 6) is 0.806. The largest absolute Gasteiger partial charge is 0.492 e. The van der Waals surface area contributed by atoms with E-state index in [-0.39, 0.29) is 18.0 Å². The highest BCUT2D eigenvalue weighted by molar-refractivity contribution is 9.11. The number of hydrogen-bond acceptors (Lipinski definition) is 3. The fraction of sp³-hybridized carbons (Fsp3) is 0.533. The van der Waals surface area contributed by atoms with Gasteiger partial charge in [-0.05, 0) is 77.3 Å². The topological polar surface area (TPSA) is 50.4 Å². The molecule has 0 aliphatic rings. The number of ether oxygens (including phenoxy) is 1. The van der Waals surface area contributed by atoms with E-state index in [1.807, 2.05) is 39.8 Å². The van der Waals surface area contributed by atoms with Gasteiger partial charge in [-0.2, -0.15) is 0 Å². The van der Waals surface area contributed by atoms with Gasteiger partial charge in [0.15, 0.2) is 0 Å². The Kier molecular flexibility index (Phi) is 7.70. The van der Waals surface area contributed by atoms with E-state index < -0.39 is 0 Å². The molecule has 0 radical (unpaired) electrons. The number of hydrogen-bond donors (Lipinski definition) is 2. The zero-order valence-electron chi connectivity index (χ0n) is 12.8. The maximum atomic E-state index is 11.8. The van der Waals surface area contributed by atoms with E-state index in [1.165, 1.54) is 0 Å². The molecule has 1 atom stereocenters. The van der Waals surface area contributed by atoms with Crippen molar-refractivity contribution in [3.8, 4) is 5.75 Å². The average Bonchev–Trinajstić information content (AvgIpc) is 2.39. The summed E-state index contributed by atoms with van der Waals surface area (Å²) < 4.78 is 7.35. The molecule has 1 rings (SSSR count). The van der Waals surface area contributed by atoms with Crippen molar-refractivity contribution in [2.45, 2.75) is 46.3 Å². The lowest BCUT2D eigenvalue weighted by molar-refractivity contribution is -0.123. The second kappa shape index (κ2) is 8.76. The summed E-state index contributed by atoms with van der Waals surface area (Å²) in [5.41, 5.74) is 1.07. The van der Waals surface area contributed by atoms with Crippen LogP contribution in [-0.4, -0.2) is 24.6 Å². The highest BCUT2D eigenvalue weighted by atomic mass is 79.9. The van der Waals surface area contributed by atoms with Gasteiger partial charge < -0.3 is 15.4 Å². The molecular formula is C15H22Br2N2O2. The minimum absolute atomic E-state index is 0.00840. The van der Waals surface area contributed by atoms with Crippen LogP contribution in [0.15, 0.2) is 21.1 Å². The Hall–Kier alpha value is -0.590. The molecule has 1 aromatic carbocycles. The van der Waals surface area contributed by atoms with E-state index in [4.69, 9.17) is 4.74 Å². The summed E-state index contributed by atoms with van der Waals surface area (Å²) in [6, 6.07) is 3.90. The number of benzene rings is 1. The average molecular weight is 422 g/mol. The van der Waals surface area contributed by atoms with Gasteiger partial charge in [-0.15, -0.1) is 0 Å². The molecule has 0 saturated heterocycles. The Morgan fingerprint density at radius 1 is 1.24 bits per heavy atom. The lowest BCUT2D eigenvalue weighted by Gasteiger charge is -2.17. The summed E-state index contributed by atoms with van der Waals surface area (Å²) in [6.07, 6.45) is 0. The van der Waals surface area contributed by atoms with Crippen LogP contribution in [0.2, 0.25) is 0 Å². The second-order valence-electron chi connectivity index (χ2n) is 5.09. The first-order valence-corrected chi connectivity index (χ1v) is 8.58. The number of carbonyl (C=O) groups excluding carboxylic acids is 1. The fourth-order valence-electron chi connectivity index (χ4n) is 1.77. The zero-order valence-corrected chi connectivity index (χ0v) is 16.0. The van der Waals surface area contributed by atoms with Crippen molar-refractivity contribution in [3.63, 3.8) is 0 Å². The van der Waals surface area contributed by atoms with Gasteiger partial charge in [0, 0.05) is 12.6 Å². The molecule has 0 saturated carbocycles. The van der Waals surface area contributed by atoms with Gasteiger partial charge in [0.25, 0.3) is 0 Å². The van der Waals surface area contributed by atoms with Crippen molar-refractivity contribution in [1.29, 1.82) is 0 Å². The van der Waals surface area contributed by atoms with E-state index >= 15 is 0 Å². The van der Waals surface area contributed by atoms with Crippen LogP contribution >= 0.6 is 31.9 Å². The molecule has 2 N–H and O–H groups in total. The summed E-state index contributed by atoms with van der Waals surface area (Å²) in [7, 11) is 0. The molecule has 0 aromatic heterocycles. The lowest BCUT2D eigenvalue weighted by atomic mass is 10.2. The Bertz CT molecular complexity index is 470. The van der Waals surface area contributed by atoms with Crippen molar-refractivity contribution in [1.82, 2.24) is 10.6 Å². The molecule has 118 valence electrons. The smallest absolute Gasteiger partial charge is 0.237 e. The monoisotopic (exact) mass is 420 g/mol. The Balaban J connectivity index is 2.66. The minimum Gasteiger partial charge on any atom is -0.492 e. The van der Waals surface area contributed by atoms with Crippen LogP contribution in [-0.2, 0) is 11.3 Å². The van der Waals surface area contributed by atoms with Crippen LogP contribution in [0.3, 0.4) is 0 Å². The van der Waals surface area contributed by atoms with Gasteiger partial charge in [-0.3, -0.25) is 4.79 Å². The van der Waals surface area contributed by atoms with Gasteiger partial charge in [-0.25, -0.2) is 0 Å². The Morgan fingerprint density at radius 2 is 1.81 bits per heavy atom. The van der Waals surface area contributed by atoms with Crippen LogP contribution in [0, 0.1) is 0 Å². The standard InChI is InChI=1S/C15H22Br2N2O2/c1-5-21-14-12(16)6-11(7-13(14)17)8-18-10(4)15(20)19-9(2)3/h6-7,9-10,18H,5,8H2,1-4H3,(H,19,20). The molecule has 0 spiro atoms. The third kappa shape index (κ3) is 5.96. The van der Waals surface area contributed by atoms with E-state index in [2.05, 4.69) is 42.5 Å². The summed E-state index contributed by atoms with van der Waals surface area (Å²) in [4.78, 5) is 11.8. The summed E-state index contributed by atoms with van der Waals surface area (Å²) >= 11 is 7.01. The number of rotatable bonds is 7. The van der Waals surface area contributed by atoms with Crippen LogP contribution in [0.4, 0.5) is 0 Å². The van der Waals surface area contributed by atoms with E-state index in [1.54, 1.807) is 0 Å². The van der Waals surface area contributed by atoms with Gasteiger partial charge in [0.05, 0.1) is 21.6 Å². The van der Waals surface area contributed by atoms with Crippen molar-refractivity contribution in [3.05, 3.63) is 26.6 Å². The quantitative estimate of drug-likeness (QED) is 0.706. The van der Waals surface area contributed by atoms with Crippen molar-refractivity contribution in [2.24, 2.45) is 0 Å². The highest BCUT2D eigenvalue weighted by Crippen LogP contribution is 2.34. The van der Waals surface area contributed by atoms with Gasteiger partial charge in [-0.1, -0.05) is 0 Å². The van der Waals surface area contributed by atoms with Crippen molar-refractivity contribution < 1.29 is 9.53 Å². The van der Waals surface area contributed by atoms with E-state index in [9.17, 15) is 4.79 Å². The molecular weight excluding hydrogens is 400 g/mol. The normalized spacial score (nSPS) is 12.3. The third-order valence-corrected chi connectivity index (χ3v) is 3.96. The molecule has 0 fully saturated rings. The molecule has 0 heterocycles. The molecule has 0 bridgehead atoms. The first kappa shape index (κ1) is 18.5. The van der Waals surface area contributed by atoms with Gasteiger partial charge in [0.2, 0.25) is 5.91 Å². The number of halogens is 2. The second-order valence-corrected chi connectivity index (χ2v) is 6.80. The van der Waals surface area contributed by atoms with Gasteiger partial charge >= 0.3 is 0 Å². The van der Waals surface area contributed by atoms with Crippen molar-refractivity contribution in [2.75, 3.05) is 6.61 Å². The maximum Gasteiger partial charge on any atom is 0.237 e. The van der Waals surface area contributed by atoms with Crippen LogP contribution in [0.5, 0.6) is 5.75 Å². The predicted molar refractivity (Wildman–Crippen MR) is 92.6 cm³/mol. The molecule has 1 aromatic rings. The highest BCUT2D eigenvalue weighted by Gasteiger charge is 2.14. The van der Waals surface area contributed by atoms with Crippen LogP contribution < -0.4 is 15.4 Å². The van der Waals surface area contributed by atoms with Gasteiger partial charge in [0.1, 0.15) is 5.75 Å². The Morgan fingerprint density at radius 3 is 2.29 bits per heavy atom. The van der Waals surface area contributed by atoms with Crippen LogP contribution in [0.1, 0.15) is 33.3 Å². The SMILES string of the molecule is CCOc1c(Br)cc(CNC(C)C(=O)NC(C)C)cc1Br. The number of nitrogens with one attached hydrogen (secondary N) is 2. The molecule has 4 nitrogen and oxygen atoms in total. The fourth-order valence-corrected chi connectivity index (χ4v) is 3.28. The first-order valence-electron chi connectivity index (χ1n) is 6.99. The first-order chi connectivity index (χ1) is 9.85. The zero-order chi connectivity index (χ0) is 16.0. The predicted octanol–water partition coefficient (Wildman–Crippen LogP) is 3.61. The molecule has 1 amide bonds.